The van der Waals surface area contributed by atoms with Crippen LogP contribution in [0.1, 0.15) is 54.9 Å². The predicted molar refractivity (Wildman–Crippen MR) is 66.7 cm³/mol. The molecule has 1 aliphatic rings. The van der Waals surface area contributed by atoms with Crippen LogP contribution in [0.25, 0.3) is 0 Å². The molecule has 1 aliphatic carbocycles. The van der Waals surface area contributed by atoms with Crippen LogP contribution in [0.5, 0.6) is 0 Å². The summed E-state index contributed by atoms with van der Waals surface area (Å²) in [5.41, 5.74) is 1.05. The summed E-state index contributed by atoms with van der Waals surface area (Å²) in [5.74, 6) is -0.0286. The van der Waals surface area contributed by atoms with Gasteiger partial charge in [-0.25, -0.2) is 4.39 Å². The van der Waals surface area contributed by atoms with Gasteiger partial charge in [-0.2, -0.15) is 0 Å². The Morgan fingerprint density at radius 2 is 2.00 bits per heavy atom. The van der Waals surface area contributed by atoms with Gasteiger partial charge >= 0.3 is 0 Å². The quantitative estimate of drug-likeness (QED) is 0.713. The van der Waals surface area contributed by atoms with E-state index in [0.29, 0.717) is 11.1 Å². The number of carbonyl (C=O) groups is 1. The molecule has 1 aromatic carbocycles. The van der Waals surface area contributed by atoms with Crippen LogP contribution in [0.15, 0.2) is 18.2 Å². The summed E-state index contributed by atoms with van der Waals surface area (Å²) in [6.45, 7) is 3.79. The van der Waals surface area contributed by atoms with Gasteiger partial charge < -0.3 is 0 Å². The smallest absolute Gasteiger partial charge is 0.169 e. The molecule has 17 heavy (non-hydrogen) atoms. The Kier molecular flexibility index (Phi) is 3.32. The number of benzene rings is 1. The molecule has 0 aromatic heterocycles. The van der Waals surface area contributed by atoms with Gasteiger partial charge in [0.2, 0.25) is 0 Å². The van der Waals surface area contributed by atoms with Gasteiger partial charge in [-0.05, 0) is 49.9 Å². The molecule has 2 rings (SSSR count). The van der Waals surface area contributed by atoms with Gasteiger partial charge in [0.1, 0.15) is 5.82 Å². The van der Waals surface area contributed by atoms with Crippen molar-refractivity contribution in [1.82, 2.24) is 0 Å². The number of aryl methyl sites for hydroxylation is 1. The van der Waals surface area contributed by atoms with Crippen molar-refractivity contribution < 1.29 is 9.18 Å². The molecule has 92 valence electrons. The minimum absolute atomic E-state index is 0.176. The van der Waals surface area contributed by atoms with Crippen molar-refractivity contribution in [3.05, 3.63) is 35.1 Å². The maximum atomic E-state index is 13.2. The second-order valence-corrected chi connectivity index (χ2v) is 5.13. The summed E-state index contributed by atoms with van der Waals surface area (Å²) in [7, 11) is 0. The third kappa shape index (κ3) is 2.13. The lowest BCUT2D eigenvalue weighted by Crippen LogP contribution is -2.27. The van der Waals surface area contributed by atoms with Gasteiger partial charge in [0, 0.05) is 11.0 Å². The summed E-state index contributed by atoms with van der Waals surface area (Å²) >= 11 is 0. The predicted octanol–water partition coefficient (Wildman–Crippen LogP) is 4.29. The molecule has 0 spiro atoms. The summed E-state index contributed by atoms with van der Waals surface area (Å²) in [6, 6.07) is 4.72. The first-order valence-electron chi connectivity index (χ1n) is 6.40. The number of hydrogen-bond acceptors (Lipinski definition) is 1. The third-order valence-corrected chi connectivity index (χ3v) is 4.14. The van der Waals surface area contributed by atoms with Crippen molar-refractivity contribution in [2.75, 3.05) is 0 Å². The van der Waals surface area contributed by atoms with E-state index in [1.165, 1.54) is 6.07 Å². The first kappa shape index (κ1) is 12.3. The highest BCUT2D eigenvalue weighted by atomic mass is 19.1. The van der Waals surface area contributed by atoms with Crippen LogP contribution in [0.4, 0.5) is 4.39 Å². The van der Waals surface area contributed by atoms with Gasteiger partial charge in [0.25, 0.3) is 0 Å². The Balaban J connectivity index is 2.32. The van der Waals surface area contributed by atoms with E-state index < -0.39 is 0 Å². The van der Waals surface area contributed by atoms with E-state index in [1.54, 1.807) is 19.1 Å². The van der Waals surface area contributed by atoms with Gasteiger partial charge in [0.05, 0.1) is 0 Å². The zero-order valence-electron chi connectivity index (χ0n) is 10.6. The fourth-order valence-electron chi connectivity index (χ4n) is 2.89. The molecular formula is C15H19FO. The van der Waals surface area contributed by atoms with Gasteiger partial charge in [0.15, 0.2) is 5.78 Å². The summed E-state index contributed by atoms with van der Waals surface area (Å²) < 4.78 is 13.2. The standard InChI is InChI=1S/C15H19FO/c1-3-15(8-4-5-9-15)14(17)12-6-7-13(16)11(2)10-12/h6-7,10H,3-5,8-9H2,1-2H3. The maximum absolute atomic E-state index is 13.2. The van der Waals surface area contributed by atoms with E-state index in [-0.39, 0.29) is 17.0 Å². The lowest BCUT2D eigenvalue weighted by atomic mass is 9.76. The first-order chi connectivity index (χ1) is 8.09. The minimum atomic E-state index is -0.237. The van der Waals surface area contributed by atoms with Crippen LogP contribution in [-0.4, -0.2) is 5.78 Å². The molecular weight excluding hydrogens is 215 g/mol. The molecule has 0 radical (unpaired) electrons. The van der Waals surface area contributed by atoms with E-state index in [0.717, 1.165) is 32.1 Å². The van der Waals surface area contributed by atoms with Crippen LogP contribution in [0, 0.1) is 18.2 Å². The second kappa shape index (κ2) is 4.59. The molecule has 1 nitrogen and oxygen atoms in total. The molecule has 1 aromatic rings. The number of hydrogen-bond donors (Lipinski definition) is 0. The SMILES string of the molecule is CCC1(C(=O)c2ccc(F)c(C)c2)CCCC1. The monoisotopic (exact) mass is 234 g/mol. The minimum Gasteiger partial charge on any atom is -0.294 e. The zero-order chi connectivity index (χ0) is 12.5. The van der Waals surface area contributed by atoms with E-state index in [1.807, 2.05) is 0 Å². The molecule has 0 saturated heterocycles. The van der Waals surface area contributed by atoms with E-state index in [9.17, 15) is 9.18 Å². The average molecular weight is 234 g/mol. The molecule has 0 unspecified atom stereocenters. The number of ketones is 1. The van der Waals surface area contributed by atoms with Gasteiger partial charge in [-0.3, -0.25) is 4.79 Å². The Hall–Kier alpha value is -1.18. The molecule has 0 heterocycles. The number of carbonyl (C=O) groups excluding carboxylic acids is 1. The van der Waals surface area contributed by atoms with Gasteiger partial charge in [-0.15, -0.1) is 0 Å². The van der Waals surface area contributed by atoms with Crippen molar-refractivity contribution in [2.45, 2.75) is 46.0 Å². The molecule has 1 fully saturated rings. The summed E-state index contributed by atoms with van der Waals surface area (Å²) in [6.07, 6.45) is 5.14. The number of Topliss-reactive ketones (excluding diaryl/α,β-unsaturated/α-hetero) is 1. The Morgan fingerprint density at radius 3 is 2.53 bits per heavy atom. The van der Waals surface area contributed by atoms with Crippen molar-refractivity contribution >= 4 is 5.78 Å². The second-order valence-electron chi connectivity index (χ2n) is 5.13. The zero-order valence-corrected chi connectivity index (χ0v) is 10.6. The Morgan fingerprint density at radius 1 is 1.35 bits per heavy atom. The van der Waals surface area contributed by atoms with Crippen molar-refractivity contribution in [3.63, 3.8) is 0 Å². The van der Waals surface area contributed by atoms with Crippen LogP contribution in [0.3, 0.4) is 0 Å². The largest absolute Gasteiger partial charge is 0.294 e. The molecule has 0 bridgehead atoms. The number of rotatable bonds is 3. The molecule has 0 amide bonds. The fourth-order valence-corrected chi connectivity index (χ4v) is 2.89. The highest BCUT2D eigenvalue weighted by Crippen LogP contribution is 2.43. The number of halogens is 1. The normalized spacial score (nSPS) is 18.3. The molecule has 0 aliphatic heterocycles. The molecule has 0 atom stereocenters. The summed E-state index contributed by atoms with van der Waals surface area (Å²) in [4.78, 5) is 12.5. The Bertz CT molecular complexity index is 431. The van der Waals surface area contributed by atoms with Crippen molar-refractivity contribution in [1.29, 1.82) is 0 Å². The fraction of sp³-hybridized carbons (Fsp3) is 0.533. The van der Waals surface area contributed by atoms with Crippen molar-refractivity contribution in [3.8, 4) is 0 Å². The molecule has 2 heteroatoms. The summed E-state index contributed by atoms with van der Waals surface area (Å²) in [5, 5.41) is 0. The molecule has 1 saturated carbocycles. The highest BCUT2D eigenvalue weighted by Gasteiger charge is 2.39. The lowest BCUT2D eigenvalue weighted by molar-refractivity contribution is 0.0791. The van der Waals surface area contributed by atoms with Crippen LogP contribution < -0.4 is 0 Å². The topological polar surface area (TPSA) is 17.1 Å². The van der Waals surface area contributed by atoms with Crippen LogP contribution in [-0.2, 0) is 0 Å². The highest BCUT2D eigenvalue weighted by molar-refractivity contribution is 6.00. The van der Waals surface area contributed by atoms with Crippen molar-refractivity contribution in [2.24, 2.45) is 5.41 Å². The first-order valence-corrected chi connectivity index (χ1v) is 6.40. The van der Waals surface area contributed by atoms with Crippen LogP contribution in [0.2, 0.25) is 0 Å². The van der Waals surface area contributed by atoms with E-state index in [2.05, 4.69) is 6.92 Å². The van der Waals surface area contributed by atoms with E-state index >= 15 is 0 Å². The van der Waals surface area contributed by atoms with E-state index in [4.69, 9.17) is 0 Å². The molecule has 0 N–H and O–H groups in total. The average Bonchev–Trinajstić information content (AvgIpc) is 2.81. The third-order valence-electron chi connectivity index (χ3n) is 4.14. The maximum Gasteiger partial charge on any atom is 0.169 e. The van der Waals surface area contributed by atoms with Gasteiger partial charge in [-0.1, -0.05) is 19.8 Å². The lowest BCUT2D eigenvalue weighted by Gasteiger charge is -2.25. The Labute approximate surface area is 102 Å². The van der Waals surface area contributed by atoms with Crippen LogP contribution >= 0.6 is 0 Å².